The first kappa shape index (κ1) is 14.0. The van der Waals surface area contributed by atoms with Crippen LogP contribution in [0.5, 0.6) is 0 Å². The van der Waals surface area contributed by atoms with Gasteiger partial charge in [0.25, 0.3) is 0 Å². The third-order valence-corrected chi connectivity index (χ3v) is 3.72. The third-order valence-electron chi connectivity index (χ3n) is 3.72. The summed E-state index contributed by atoms with van der Waals surface area (Å²) in [6.07, 6.45) is 6.05. The van der Waals surface area contributed by atoms with Crippen molar-refractivity contribution in [1.82, 2.24) is 15.5 Å². The summed E-state index contributed by atoms with van der Waals surface area (Å²) in [5, 5.41) is 16.4. The van der Waals surface area contributed by atoms with Gasteiger partial charge >= 0.3 is 5.97 Å². The van der Waals surface area contributed by atoms with Gasteiger partial charge in [-0.2, -0.15) is 4.98 Å². The van der Waals surface area contributed by atoms with E-state index in [1.165, 1.54) is 0 Å². The molecule has 0 amide bonds. The fourth-order valence-corrected chi connectivity index (χ4v) is 2.63. The van der Waals surface area contributed by atoms with Gasteiger partial charge in [-0.05, 0) is 32.7 Å². The lowest BCUT2D eigenvalue weighted by atomic mass is 9.81. The number of rotatable bonds is 6. The van der Waals surface area contributed by atoms with Gasteiger partial charge in [-0.15, -0.1) is 0 Å². The summed E-state index contributed by atoms with van der Waals surface area (Å²) in [5.74, 6) is 0.533. The molecule has 2 N–H and O–H groups in total. The van der Waals surface area contributed by atoms with Gasteiger partial charge in [0.05, 0.1) is 0 Å². The molecule has 0 aliphatic heterocycles. The van der Waals surface area contributed by atoms with Crippen molar-refractivity contribution in [2.24, 2.45) is 0 Å². The number of aliphatic carboxylic acids is 1. The molecule has 0 spiro atoms. The zero-order valence-corrected chi connectivity index (χ0v) is 11.3. The van der Waals surface area contributed by atoms with E-state index in [9.17, 15) is 9.90 Å². The van der Waals surface area contributed by atoms with E-state index in [4.69, 9.17) is 4.52 Å². The maximum atomic E-state index is 11.4. The molecule has 0 atom stereocenters. The van der Waals surface area contributed by atoms with Gasteiger partial charge in [0.2, 0.25) is 5.89 Å². The Bertz CT molecular complexity index is 425. The third kappa shape index (κ3) is 3.53. The molecule has 19 heavy (non-hydrogen) atoms. The molecule has 1 aliphatic rings. The van der Waals surface area contributed by atoms with E-state index in [2.05, 4.69) is 15.5 Å². The molecule has 0 radical (unpaired) electrons. The lowest BCUT2D eigenvalue weighted by Crippen LogP contribution is -2.53. The zero-order valence-electron chi connectivity index (χ0n) is 11.3. The Morgan fingerprint density at radius 3 is 2.74 bits per heavy atom. The van der Waals surface area contributed by atoms with Gasteiger partial charge in [0, 0.05) is 6.42 Å². The maximum absolute atomic E-state index is 11.4. The number of aryl methyl sites for hydroxylation is 2. The van der Waals surface area contributed by atoms with Crippen molar-refractivity contribution in [3.63, 3.8) is 0 Å². The van der Waals surface area contributed by atoms with Gasteiger partial charge in [0.15, 0.2) is 5.82 Å². The van der Waals surface area contributed by atoms with Crippen LogP contribution in [0.15, 0.2) is 4.52 Å². The van der Waals surface area contributed by atoms with Crippen molar-refractivity contribution in [3.8, 4) is 0 Å². The highest BCUT2D eigenvalue weighted by atomic mass is 16.5. The fraction of sp³-hybridized carbons (Fsp3) is 0.769. The predicted molar refractivity (Wildman–Crippen MR) is 68.8 cm³/mol. The van der Waals surface area contributed by atoms with E-state index in [1.54, 1.807) is 6.92 Å². The van der Waals surface area contributed by atoms with Crippen LogP contribution in [0.1, 0.15) is 50.2 Å². The van der Waals surface area contributed by atoms with Crippen molar-refractivity contribution in [3.05, 3.63) is 11.7 Å². The van der Waals surface area contributed by atoms with Crippen LogP contribution in [0.25, 0.3) is 0 Å². The number of aromatic nitrogens is 2. The van der Waals surface area contributed by atoms with Crippen LogP contribution < -0.4 is 5.32 Å². The Morgan fingerprint density at radius 2 is 2.16 bits per heavy atom. The number of carboxylic acid groups (broad SMARTS) is 1. The van der Waals surface area contributed by atoms with E-state index in [1.807, 2.05) is 0 Å². The monoisotopic (exact) mass is 267 g/mol. The largest absolute Gasteiger partial charge is 0.480 e. The van der Waals surface area contributed by atoms with Gasteiger partial charge in [-0.1, -0.05) is 24.4 Å². The molecule has 0 unspecified atom stereocenters. The molecule has 1 fully saturated rings. The van der Waals surface area contributed by atoms with E-state index in [-0.39, 0.29) is 0 Å². The molecular weight excluding hydrogens is 246 g/mol. The van der Waals surface area contributed by atoms with Crippen LogP contribution in [0.3, 0.4) is 0 Å². The summed E-state index contributed by atoms with van der Waals surface area (Å²) in [6.45, 7) is 2.44. The van der Waals surface area contributed by atoms with Crippen molar-refractivity contribution >= 4 is 5.97 Å². The second kappa shape index (κ2) is 6.14. The molecule has 2 rings (SSSR count). The topological polar surface area (TPSA) is 88.2 Å². The number of nitrogens with zero attached hydrogens (tertiary/aromatic N) is 2. The van der Waals surface area contributed by atoms with Crippen LogP contribution in [0.2, 0.25) is 0 Å². The smallest absolute Gasteiger partial charge is 0.323 e. The number of nitrogens with one attached hydrogen (secondary N) is 1. The standard InChI is InChI=1S/C13H21N3O3/c1-10-15-11(19-16-10)6-5-9-14-13(12(17)18)7-3-2-4-8-13/h14H,2-9H2,1H3,(H,17,18). The molecule has 1 saturated carbocycles. The summed E-state index contributed by atoms with van der Waals surface area (Å²) < 4.78 is 5.02. The Hall–Kier alpha value is -1.43. The zero-order chi connectivity index (χ0) is 13.7. The molecular formula is C13H21N3O3. The molecule has 6 nitrogen and oxygen atoms in total. The van der Waals surface area contributed by atoms with Crippen LogP contribution in [0.4, 0.5) is 0 Å². The number of carboxylic acids is 1. The second-order valence-corrected chi connectivity index (χ2v) is 5.21. The van der Waals surface area contributed by atoms with E-state index in [0.29, 0.717) is 24.7 Å². The highest BCUT2D eigenvalue weighted by Gasteiger charge is 2.38. The minimum Gasteiger partial charge on any atom is -0.480 e. The van der Waals surface area contributed by atoms with E-state index in [0.717, 1.165) is 38.5 Å². The van der Waals surface area contributed by atoms with Crippen LogP contribution >= 0.6 is 0 Å². The van der Waals surface area contributed by atoms with Crippen LogP contribution in [0, 0.1) is 6.92 Å². The quantitative estimate of drug-likeness (QED) is 0.762. The number of hydrogen-bond acceptors (Lipinski definition) is 5. The molecule has 0 bridgehead atoms. The summed E-state index contributed by atoms with van der Waals surface area (Å²) in [4.78, 5) is 15.6. The second-order valence-electron chi connectivity index (χ2n) is 5.21. The molecule has 0 saturated heterocycles. The summed E-state index contributed by atoms with van der Waals surface area (Å²) >= 11 is 0. The first-order chi connectivity index (χ1) is 9.12. The summed E-state index contributed by atoms with van der Waals surface area (Å²) in [7, 11) is 0. The average Bonchev–Trinajstić information content (AvgIpc) is 2.81. The number of carbonyl (C=O) groups is 1. The Kier molecular flexibility index (Phi) is 4.52. The lowest BCUT2D eigenvalue weighted by molar-refractivity contribution is -0.146. The van der Waals surface area contributed by atoms with Gasteiger partial charge in [0.1, 0.15) is 5.54 Å². The molecule has 106 valence electrons. The number of hydrogen-bond donors (Lipinski definition) is 2. The molecule has 1 aromatic heterocycles. The Morgan fingerprint density at radius 1 is 1.42 bits per heavy atom. The lowest BCUT2D eigenvalue weighted by Gasteiger charge is -2.34. The fourth-order valence-electron chi connectivity index (χ4n) is 2.63. The van der Waals surface area contributed by atoms with Crippen molar-refractivity contribution in [2.45, 2.75) is 57.4 Å². The SMILES string of the molecule is Cc1noc(CCCNC2(C(=O)O)CCCCC2)n1. The van der Waals surface area contributed by atoms with Crippen LogP contribution in [-0.4, -0.2) is 33.3 Å². The average molecular weight is 267 g/mol. The summed E-state index contributed by atoms with van der Waals surface area (Å²) in [6, 6.07) is 0. The summed E-state index contributed by atoms with van der Waals surface area (Å²) in [5.41, 5.74) is -0.719. The van der Waals surface area contributed by atoms with Crippen molar-refractivity contribution in [2.75, 3.05) is 6.54 Å². The first-order valence-electron chi connectivity index (χ1n) is 6.90. The van der Waals surface area contributed by atoms with Gasteiger partial charge in [-0.3, -0.25) is 4.79 Å². The predicted octanol–water partition coefficient (Wildman–Crippen LogP) is 1.69. The van der Waals surface area contributed by atoms with Crippen molar-refractivity contribution in [1.29, 1.82) is 0 Å². The molecule has 1 heterocycles. The van der Waals surface area contributed by atoms with Crippen LogP contribution in [-0.2, 0) is 11.2 Å². The minimum atomic E-state index is -0.721. The maximum Gasteiger partial charge on any atom is 0.323 e. The Labute approximate surface area is 112 Å². The normalized spacial score (nSPS) is 18.4. The molecule has 1 aromatic rings. The highest BCUT2D eigenvalue weighted by molar-refractivity contribution is 5.78. The Balaban J connectivity index is 1.78. The molecule has 1 aliphatic carbocycles. The molecule has 6 heteroatoms. The van der Waals surface area contributed by atoms with Gasteiger partial charge < -0.3 is 14.9 Å². The first-order valence-corrected chi connectivity index (χ1v) is 6.90. The van der Waals surface area contributed by atoms with Gasteiger partial charge in [-0.25, -0.2) is 0 Å². The highest BCUT2D eigenvalue weighted by Crippen LogP contribution is 2.28. The molecule has 0 aromatic carbocycles. The van der Waals surface area contributed by atoms with E-state index >= 15 is 0 Å². The minimum absolute atomic E-state index is 0.618. The van der Waals surface area contributed by atoms with E-state index < -0.39 is 11.5 Å². The van der Waals surface area contributed by atoms with Crippen molar-refractivity contribution < 1.29 is 14.4 Å².